The lowest BCUT2D eigenvalue weighted by molar-refractivity contribution is 0.0746. The zero-order chi connectivity index (χ0) is 20.1. The van der Waals surface area contributed by atoms with E-state index in [-0.39, 0.29) is 18.3 Å². The first kappa shape index (κ1) is 19.8. The van der Waals surface area contributed by atoms with Crippen LogP contribution in [0.3, 0.4) is 0 Å². The quantitative estimate of drug-likeness (QED) is 0.570. The first-order valence-electron chi connectivity index (χ1n) is 8.84. The summed E-state index contributed by atoms with van der Waals surface area (Å²) in [4.78, 5) is 14.1. The van der Waals surface area contributed by atoms with Crippen LogP contribution < -0.4 is 9.47 Å². The molecule has 1 amide bonds. The van der Waals surface area contributed by atoms with E-state index in [0.717, 1.165) is 11.4 Å². The first-order valence-corrected chi connectivity index (χ1v) is 9.22. The maximum Gasteiger partial charge on any atom is 0.289 e. The van der Waals surface area contributed by atoms with Crippen LogP contribution >= 0.6 is 11.6 Å². The molecule has 0 atom stereocenters. The number of ether oxygens (including phenoxy) is 2. The van der Waals surface area contributed by atoms with Gasteiger partial charge in [0.05, 0.1) is 30.1 Å². The maximum absolute atomic E-state index is 12.6. The average Bonchev–Trinajstić information content (AvgIpc) is 3.29. The van der Waals surface area contributed by atoms with Crippen molar-refractivity contribution in [1.29, 1.82) is 0 Å². The summed E-state index contributed by atoms with van der Waals surface area (Å²) in [5, 5.41) is 4.59. The summed E-state index contributed by atoms with van der Waals surface area (Å²) in [5.41, 5.74) is 0.753. The fraction of sp³-hybridized carbons (Fsp3) is 0.300. The fourth-order valence-electron chi connectivity index (χ4n) is 2.62. The molecule has 0 spiro atoms. The van der Waals surface area contributed by atoms with Gasteiger partial charge in [-0.05, 0) is 43.3 Å². The molecular formula is C20H22ClN3O4. The summed E-state index contributed by atoms with van der Waals surface area (Å²) in [6, 6.07) is 10.7. The van der Waals surface area contributed by atoms with Crippen molar-refractivity contribution in [3.05, 3.63) is 64.8 Å². The van der Waals surface area contributed by atoms with Crippen LogP contribution in [0.2, 0.25) is 5.02 Å². The number of hydrogen-bond acceptors (Lipinski definition) is 5. The number of nitrogens with zero attached hydrogens (tertiary/aromatic N) is 3. The Hall–Kier alpha value is -2.93. The van der Waals surface area contributed by atoms with Crippen LogP contribution in [0.5, 0.6) is 11.5 Å². The van der Waals surface area contributed by atoms with E-state index in [0.29, 0.717) is 29.7 Å². The molecule has 2 aromatic heterocycles. The Kier molecular flexibility index (Phi) is 6.26. The SMILES string of the molecule is CCOc1ccc(OCc2ccc(C(=O)N(C)Cc3c(Cl)cnn3C)o2)cc1. The molecule has 0 fully saturated rings. The van der Waals surface area contributed by atoms with Crippen LogP contribution in [0.25, 0.3) is 0 Å². The number of halogens is 1. The minimum absolute atomic E-state index is 0.221. The molecule has 3 rings (SSSR count). The Labute approximate surface area is 168 Å². The number of aryl methyl sites for hydroxylation is 1. The van der Waals surface area contributed by atoms with Crippen molar-refractivity contribution in [1.82, 2.24) is 14.7 Å². The number of rotatable bonds is 8. The number of furan rings is 1. The van der Waals surface area contributed by atoms with Gasteiger partial charge < -0.3 is 18.8 Å². The molecule has 28 heavy (non-hydrogen) atoms. The van der Waals surface area contributed by atoms with Gasteiger partial charge in [0.25, 0.3) is 5.91 Å². The van der Waals surface area contributed by atoms with Crippen LogP contribution in [0, 0.1) is 0 Å². The lowest BCUT2D eigenvalue weighted by Gasteiger charge is -2.16. The zero-order valence-corrected chi connectivity index (χ0v) is 16.8. The second-order valence-corrected chi connectivity index (χ2v) is 6.59. The Balaban J connectivity index is 1.57. The Bertz CT molecular complexity index is 914. The molecule has 1 aromatic carbocycles. The van der Waals surface area contributed by atoms with E-state index >= 15 is 0 Å². The van der Waals surface area contributed by atoms with Gasteiger partial charge in [0.1, 0.15) is 23.9 Å². The number of aromatic nitrogens is 2. The van der Waals surface area contributed by atoms with Crippen molar-refractivity contribution < 1.29 is 18.7 Å². The van der Waals surface area contributed by atoms with E-state index in [1.165, 1.54) is 4.90 Å². The van der Waals surface area contributed by atoms with Gasteiger partial charge in [-0.1, -0.05) is 11.6 Å². The third kappa shape index (κ3) is 4.67. The maximum atomic E-state index is 12.6. The number of hydrogen-bond donors (Lipinski definition) is 0. The van der Waals surface area contributed by atoms with Crippen LogP contribution in [0.4, 0.5) is 0 Å². The molecular weight excluding hydrogens is 382 g/mol. The molecule has 0 radical (unpaired) electrons. The largest absolute Gasteiger partial charge is 0.494 e. The average molecular weight is 404 g/mol. The molecule has 3 aromatic rings. The van der Waals surface area contributed by atoms with Crippen molar-refractivity contribution >= 4 is 17.5 Å². The smallest absolute Gasteiger partial charge is 0.289 e. The van der Waals surface area contributed by atoms with Crippen LogP contribution in [0.1, 0.15) is 28.9 Å². The van der Waals surface area contributed by atoms with E-state index in [1.807, 2.05) is 31.2 Å². The van der Waals surface area contributed by atoms with Gasteiger partial charge in [-0.2, -0.15) is 5.10 Å². The van der Waals surface area contributed by atoms with Crippen LogP contribution in [-0.4, -0.2) is 34.2 Å². The molecule has 0 aliphatic rings. The van der Waals surface area contributed by atoms with Crippen molar-refractivity contribution in [3.63, 3.8) is 0 Å². The minimum atomic E-state index is -0.246. The van der Waals surface area contributed by atoms with Crippen molar-refractivity contribution in [2.24, 2.45) is 7.05 Å². The van der Waals surface area contributed by atoms with Gasteiger partial charge in [0.15, 0.2) is 5.76 Å². The van der Waals surface area contributed by atoms with E-state index in [2.05, 4.69) is 5.10 Å². The molecule has 7 nitrogen and oxygen atoms in total. The molecule has 0 unspecified atom stereocenters. The summed E-state index contributed by atoms with van der Waals surface area (Å²) in [6.45, 7) is 3.10. The second kappa shape index (κ2) is 8.84. The summed E-state index contributed by atoms with van der Waals surface area (Å²) < 4.78 is 18.4. The van der Waals surface area contributed by atoms with E-state index in [9.17, 15) is 4.79 Å². The van der Waals surface area contributed by atoms with Gasteiger partial charge in [0, 0.05) is 14.1 Å². The number of carbonyl (C=O) groups excluding carboxylic acids is 1. The molecule has 148 valence electrons. The number of benzene rings is 1. The molecule has 0 aliphatic carbocycles. The highest BCUT2D eigenvalue weighted by Crippen LogP contribution is 2.20. The lowest BCUT2D eigenvalue weighted by Crippen LogP contribution is -2.27. The highest BCUT2D eigenvalue weighted by atomic mass is 35.5. The number of amides is 1. The minimum Gasteiger partial charge on any atom is -0.494 e. The van der Waals surface area contributed by atoms with Gasteiger partial charge in [-0.3, -0.25) is 9.48 Å². The standard InChI is InChI=1S/C20H22ClN3O4/c1-4-26-14-5-7-15(8-6-14)27-13-16-9-10-19(28-16)20(25)23(2)12-18-17(21)11-22-24(18)3/h5-11H,4,12-13H2,1-3H3. The van der Waals surface area contributed by atoms with Gasteiger partial charge in [-0.25, -0.2) is 0 Å². The normalized spacial score (nSPS) is 10.7. The van der Waals surface area contributed by atoms with E-state index in [1.54, 1.807) is 37.1 Å². The van der Waals surface area contributed by atoms with Gasteiger partial charge in [0.2, 0.25) is 0 Å². The molecule has 0 bridgehead atoms. The van der Waals surface area contributed by atoms with Crippen molar-refractivity contribution in [2.45, 2.75) is 20.1 Å². The van der Waals surface area contributed by atoms with Crippen LogP contribution in [-0.2, 0) is 20.2 Å². The third-order valence-electron chi connectivity index (χ3n) is 4.13. The topological polar surface area (TPSA) is 69.7 Å². The third-order valence-corrected chi connectivity index (χ3v) is 4.45. The fourth-order valence-corrected chi connectivity index (χ4v) is 2.85. The predicted octanol–water partition coefficient (Wildman–Crippen LogP) is 3.92. The highest BCUT2D eigenvalue weighted by molar-refractivity contribution is 6.31. The van der Waals surface area contributed by atoms with Gasteiger partial charge in [-0.15, -0.1) is 0 Å². The second-order valence-electron chi connectivity index (χ2n) is 6.18. The zero-order valence-electron chi connectivity index (χ0n) is 16.0. The number of carbonyl (C=O) groups is 1. The Morgan fingerprint density at radius 3 is 2.46 bits per heavy atom. The van der Waals surface area contributed by atoms with E-state index < -0.39 is 0 Å². The van der Waals surface area contributed by atoms with Crippen molar-refractivity contribution in [2.75, 3.05) is 13.7 Å². The Morgan fingerprint density at radius 1 is 1.18 bits per heavy atom. The molecule has 2 heterocycles. The summed E-state index contributed by atoms with van der Waals surface area (Å²) >= 11 is 6.10. The predicted molar refractivity (Wildman–Crippen MR) is 105 cm³/mol. The molecule has 8 heteroatoms. The summed E-state index contributed by atoms with van der Waals surface area (Å²) in [6.07, 6.45) is 1.55. The first-order chi connectivity index (χ1) is 13.5. The molecule has 0 N–H and O–H groups in total. The summed E-state index contributed by atoms with van der Waals surface area (Å²) in [7, 11) is 3.47. The molecule has 0 saturated carbocycles. The van der Waals surface area contributed by atoms with Crippen molar-refractivity contribution in [3.8, 4) is 11.5 Å². The summed E-state index contributed by atoms with van der Waals surface area (Å²) in [5.74, 6) is 2.04. The Morgan fingerprint density at radius 2 is 1.86 bits per heavy atom. The monoisotopic (exact) mass is 403 g/mol. The van der Waals surface area contributed by atoms with E-state index in [4.69, 9.17) is 25.5 Å². The lowest BCUT2D eigenvalue weighted by atomic mass is 10.3. The van der Waals surface area contributed by atoms with Crippen LogP contribution in [0.15, 0.2) is 47.0 Å². The highest BCUT2D eigenvalue weighted by Gasteiger charge is 2.19. The molecule has 0 saturated heterocycles. The molecule has 0 aliphatic heterocycles. The van der Waals surface area contributed by atoms with Gasteiger partial charge >= 0.3 is 0 Å².